The van der Waals surface area contributed by atoms with Crippen molar-refractivity contribution in [3.63, 3.8) is 0 Å². The third-order valence-corrected chi connectivity index (χ3v) is 9.94. The summed E-state index contributed by atoms with van der Waals surface area (Å²) >= 11 is 0. The van der Waals surface area contributed by atoms with Crippen LogP contribution in [-0.4, -0.2) is 23.7 Å². The average molecular weight is 581 g/mol. The lowest BCUT2D eigenvalue weighted by Crippen LogP contribution is -2.42. The number of hydrogen-bond acceptors (Lipinski definition) is 3. The molecule has 0 heterocycles. The summed E-state index contributed by atoms with van der Waals surface area (Å²) in [4.78, 5) is 24.6. The topological polar surface area (TPSA) is 63.6 Å². The van der Waals surface area contributed by atoms with Crippen LogP contribution >= 0.6 is 0 Å². The molecule has 0 aliphatic carbocycles. The van der Waals surface area contributed by atoms with Gasteiger partial charge in [-0.2, -0.15) is 0 Å². The quantitative estimate of drug-likeness (QED) is 0.0678. The summed E-state index contributed by atoms with van der Waals surface area (Å²) < 4.78 is 6.24. The molecule has 0 aromatic heterocycles. The standard InChI is InChI=1S/C37H72O4/c1-7-13-26-32(9-3)30-37(12-6,36(40)41-31-33(10-4)27-14-8-2)34(11-5)28-24-22-20-18-16-15-17-19-21-23-25-29-35(38)39/h32-34H,7-31H2,1-6H3,(H,38,39). The van der Waals surface area contributed by atoms with Gasteiger partial charge < -0.3 is 9.84 Å². The second-order valence-electron chi connectivity index (χ2n) is 13.1. The van der Waals surface area contributed by atoms with E-state index in [2.05, 4.69) is 41.5 Å². The number of carboxylic acid groups (broad SMARTS) is 1. The number of rotatable bonds is 30. The fraction of sp³-hybridized carbons (Fsp3) is 0.946. The Bertz CT molecular complexity index is 618. The molecule has 0 fully saturated rings. The molecule has 0 saturated heterocycles. The zero-order valence-corrected chi connectivity index (χ0v) is 28.6. The van der Waals surface area contributed by atoms with Gasteiger partial charge in [-0.15, -0.1) is 0 Å². The van der Waals surface area contributed by atoms with Crippen LogP contribution in [0.4, 0.5) is 0 Å². The van der Waals surface area contributed by atoms with Crippen LogP contribution in [0.2, 0.25) is 0 Å². The molecule has 0 radical (unpaired) electrons. The highest BCUT2D eigenvalue weighted by molar-refractivity contribution is 5.77. The van der Waals surface area contributed by atoms with Crippen molar-refractivity contribution in [3.05, 3.63) is 0 Å². The molecule has 0 bridgehead atoms. The number of aliphatic carboxylic acids is 1. The fourth-order valence-electron chi connectivity index (χ4n) is 6.82. The molecule has 0 spiro atoms. The summed E-state index contributed by atoms with van der Waals surface area (Å²) in [5.74, 6) is 0.950. The Balaban J connectivity index is 4.91. The minimum absolute atomic E-state index is 0.111. The highest BCUT2D eigenvalue weighted by Crippen LogP contribution is 2.45. The lowest BCUT2D eigenvalue weighted by Gasteiger charge is -2.40. The van der Waals surface area contributed by atoms with Crippen LogP contribution in [0.1, 0.15) is 196 Å². The van der Waals surface area contributed by atoms with Crippen molar-refractivity contribution in [2.45, 2.75) is 196 Å². The van der Waals surface area contributed by atoms with Crippen LogP contribution in [0, 0.1) is 23.2 Å². The molecule has 0 aliphatic heterocycles. The Kier molecular flexibility index (Phi) is 25.9. The van der Waals surface area contributed by atoms with Gasteiger partial charge in [0.2, 0.25) is 0 Å². The Morgan fingerprint density at radius 3 is 1.54 bits per heavy atom. The number of carbonyl (C=O) groups is 2. The largest absolute Gasteiger partial charge is 0.481 e. The van der Waals surface area contributed by atoms with Crippen LogP contribution in [0.5, 0.6) is 0 Å². The molecule has 1 N–H and O–H groups in total. The van der Waals surface area contributed by atoms with Gasteiger partial charge in [-0.25, -0.2) is 0 Å². The van der Waals surface area contributed by atoms with Gasteiger partial charge in [0.15, 0.2) is 0 Å². The molecule has 4 nitrogen and oxygen atoms in total. The van der Waals surface area contributed by atoms with Gasteiger partial charge in [0, 0.05) is 6.42 Å². The van der Waals surface area contributed by atoms with E-state index >= 15 is 0 Å². The SMILES string of the molecule is CCCCC(CC)COC(=O)C(CC)(CC(CC)CCCC)C(CC)CCCCCCCCCCCCCC(=O)O. The predicted molar refractivity (Wildman–Crippen MR) is 176 cm³/mol. The third-order valence-electron chi connectivity index (χ3n) is 9.94. The van der Waals surface area contributed by atoms with Gasteiger partial charge in [0.05, 0.1) is 12.0 Å². The van der Waals surface area contributed by atoms with E-state index in [1.165, 1.54) is 89.9 Å². The summed E-state index contributed by atoms with van der Waals surface area (Å²) in [6.45, 7) is 14.2. The molecule has 4 atom stereocenters. The molecule has 41 heavy (non-hydrogen) atoms. The molecule has 0 aliphatic rings. The van der Waals surface area contributed by atoms with E-state index in [9.17, 15) is 9.59 Å². The van der Waals surface area contributed by atoms with Crippen LogP contribution in [0.25, 0.3) is 0 Å². The van der Waals surface area contributed by atoms with Crippen LogP contribution in [-0.2, 0) is 14.3 Å². The second-order valence-corrected chi connectivity index (χ2v) is 13.1. The van der Waals surface area contributed by atoms with Crippen LogP contribution in [0.15, 0.2) is 0 Å². The number of ether oxygens (including phenoxy) is 1. The van der Waals surface area contributed by atoms with Crippen molar-refractivity contribution in [1.82, 2.24) is 0 Å². The van der Waals surface area contributed by atoms with Crippen molar-refractivity contribution in [2.75, 3.05) is 6.61 Å². The predicted octanol–water partition coefficient (Wildman–Crippen LogP) is 11.9. The summed E-state index contributed by atoms with van der Waals surface area (Å²) in [5.41, 5.74) is -0.337. The molecule has 244 valence electrons. The average Bonchev–Trinajstić information content (AvgIpc) is 2.98. The summed E-state index contributed by atoms with van der Waals surface area (Å²) in [7, 11) is 0. The first kappa shape index (κ1) is 39.9. The smallest absolute Gasteiger partial charge is 0.312 e. The fourth-order valence-corrected chi connectivity index (χ4v) is 6.82. The molecule has 0 aromatic carbocycles. The molecule has 0 saturated carbocycles. The van der Waals surface area contributed by atoms with Gasteiger partial charge in [0.1, 0.15) is 0 Å². The van der Waals surface area contributed by atoms with E-state index < -0.39 is 5.97 Å². The van der Waals surface area contributed by atoms with Crippen molar-refractivity contribution in [1.29, 1.82) is 0 Å². The number of esters is 1. The first-order valence-corrected chi connectivity index (χ1v) is 18.2. The number of carboxylic acids is 1. The van der Waals surface area contributed by atoms with Gasteiger partial charge in [-0.05, 0) is 49.9 Å². The van der Waals surface area contributed by atoms with Gasteiger partial charge >= 0.3 is 11.9 Å². The zero-order chi connectivity index (χ0) is 30.8. The van der Waals surface area contributed by atoms with Crippen LogP contribution < -0.4 is 0 Å². The normalized spacial score (nSPS) is 15.3. The van der Waals surface area contributed by atoms with Crippen molar-refractivity contribution >= 4 is 11.9 Å². The Morgan fingerprint density at radius 2 is 1.10 bits per heavy atom. The van der Waals surface area contributed by atoms with E-state index in [0.717, 1.165) is 57.8 Å². The molecule has 0 rings (SSSR count). The van der Waals surface area contributed by atoms with E-state index in [-0.39, 0.29) is 11.4 Å². The van der Waals surface area contributed by atoms with E-state index in [1.807, 2.05) is 0 Å². The van der Waals surface area contributed by atoms with Crippen molar-refractivity contribution in [2.24, 2.45) is 23.2 Å². The Morgan fingerprint density at radius 1 is 0.610 bits per heavy atom. The molecule has 0 amide bonds. The molecular formula is C37H72O4. The highest BCUT2D eigenvalue weighted by atomic mass is 16.5. The first-order chi connectivity index (χ1) is 19.8. The van der Waals surface area contributed by atoms with E-state index in [0.29, 0.717) is 30.8 Å². The second kappa shape index (κ2) is 26.6. The summed E-state index contributed by atoms with van der Waals surface area (Å²) in [6, 6.07) is 0. The molecule has 4 unspecified atom stereocenters. The molecule has 4 heteroatoms. The van der Waals surface area contributed by atoms with Gasteiger partial charge in [0.25, 0.3) is 0 Å². The third kappa shape index (κ3) is 18.3. The van der Waals surface area contributed by atoms with Crippen molar-refractivity contribution in [3.8, 4) is 0 Å². The summed E-state index contributed by atoms with van der Waals surface area (Å²) in [6.07, 6.45) is 27.2. The molecular weight excluding hydrogens is 508 g/mol. The maximum Gasteiger partial charge on any atom is 0.312 e. The van der Waals surface area contributed by atoms with Gasteiger partial charge in [-0.1, -0.05) is 157 Å². The summed E-state index contributed by atoms with van der Waals surface area (Å²) in [5, 5.41) is 8.72. The van der Waals surface area contributed by atoms with Crippen LogP contribution in [0.3, 0.4) is 0 Å². The number of carbonyl (C=O) groups excluding carboxylic acids is 1. The van der Waals surface area contributed by atoms with E-state index in [4.69, 9.17) is 9.84 Å². The Labute approximate surface area is 256 Å². The van der Waals surface area contributed by atoms with Gasteiger partial charge in [-0.3, -0.25) is 9.59 Å². The van der Waals surface area contributed by atoms with E-state index in [1.54, 1.807) is 0 Å². The maximum absolute atomic E-state index is 14.0. The minimum atomic E-state index is -0.671. The monoisotopic (exact) mass is 581 g/mol. The highest BCUT2D eigenvalue weighted by Gasteiger charge is 2.45. The minimum Gasteiger partial charge on any atom is -0.481 e. The number of unbranched alkanes of at least 4 members (excludes halogenated alkanes) is 12. The lowest BCUT2D eigenvalue weighted by atomic mass is 9.64. The lowest BCUT2D eigenvalue weighted by molar-refractivity contribution is -0.164. The Hall–Kier alpha value is -1.06. The molecule has 0 aromatic rings. The first-order valence-electron chi connectivity index (χ1n) is 18.2. The zero-order valence-electron chi connectivity index (χ0n) is 28.6. The maximum atomic E-state index is 14.0. The number of hydrogen-bond donors (Lipinski definition) is 1. The van der Waals surface area contributed by atoms with Crippen molar-refractivity contribution < 1.29 is 19.4 Å².